The lowest BCUT2D eigenvalue weighted by Gasteiger charge is -2.04. The average molecular weight is 170 g/mol. The van der Waals surface area contributed by atoms with Gasteiger partial charge in [-0.25, -0.2) is 0 Å². The van der Waals surface area contributed by atoms with Gasteiger partial charge >= 0.3 is 7.32 Å². The van der Waals surface area contributed by atoms with E-state index < -0.39 is 7.32 Å². The fraction of sp³-hybridized carbons (Fsp3) is 0. The molecule has 0 unspecified atom stereocenters. The first-order chi connectivity index (χ1) is 5.33. The minimum atomic E-state index is -1.32. The van der Waals surface area contributed by atoms with E-state index in [0.717, 1.165) is 0 Å². The van der Waals surface area contributed by atoms with Gasteiger partial charge in [0.25, 0.3) is 0 Å². The van der Waals surface area contributed by atoms with Crippen LogP contribution in [0.25, 0.3) is 0 Å². The number of rotatable bonds is 3. The molecular weight excluding hydrogens is 163 g/mol. The van der Waals surface area contributed by atoms with Gasteiger partial charge in [-0.15, -0.1) is 0 Å². The van der Waals surface area contributed by atoms with Crippen LogP contribution in [0.15, 0.2) is 30.3 Å². The van der Waals surface area contributed by atoms with Crippen molar-refractivity contribution in [1.29, 1.82) is 0 Å². The number of thiol groups is 1. The van der Waals surface area contributed by atoms with Crippen LogP contribution in [0.1, 0.15) is 0 Å². The van der Waals surface area contributed by atoms with Crippen LogP contribution in [0.5, 0.6) is 5.75 Å². The van der Waals surface area contributed by atoms with E-state index in [-0.39, 0.29) is 0 Å². The van der Waals surface area contributed by atoms with Crippen LogP contribution in [0.2, 0.25) is 0 Å². The van der Waals surface area contributed by atoms with Crippen molar-refractivity contribution in [2.45, 2.75) is 0 Å². The first kappa shape index (κ1) is 8.45. The van der Waals surface area contributed by atoms with Crippen LogP contribution in [-0.4, -0.2) is 12.3 Å². The molecule has 0 aromatic heterocycles. The molecule has 1 aromatic rings. The highest BCUT2D eigenvalue weighted by Crippen LogP contribution is 2.09. The summed E-state index contributed by atoms with van der Waals surface area (Å²) in [5, 5.41) is 8.79. The van der Waals surface area contributed by atoms with Gasteiger partial charge in [-0.1, -0.05) is 18.2 Å². The Morgan fingerprint density at radius 1 is 1.27 bits per heavy atom. The molecule has 0 atom stereocenters. The van der Waals surface area contributed by atoms with Crippen molar-refractivity contribution in [2.75, 3.05) is 0 Å². The van der Waals surface area contributed by atoms with Gasteiger partial charge in [0.1, 0.15) is 5.75 Å². The lowest BCUT2D eigenvalue weighted by Crippen LogP contribution is -2.21. The predicted octanol–water partition coefficient (Wildman–Crippen LogP) is 0.904. The summed E-state index contributed by atoms with van der Waals surface area (Å²) in [7, 11) is -1.32. The Hall–Kier alpha value is -0.645. The Morgan fingerprint density at radius 2 is 1.91 bits per heavy atom. The van der Waals surface area contributed by atoms with Crippen LogP contribution in [-0.2, 0) is 4.10 Å². The number of para-hydroxylation sites is 1. The smallest absolute Gasteiger partial charge is 0.511 e. The molecule has 5 heteroatoms. The lowest BCUT2D eigenvalue weighted by atomic mass is 10.2. The Bertz CT molecular complexity index is 206. The summed E-state index contributed by atoms with van der Waals surface area (Å²) in [6.07, 6.45) is 0. The van der Waals surface area contributed by atoms with Crippen LogP contribution >= 0.6 is 12.9 Å². The van der Waals surface area contributed by atoms with Gasteiger partial charge in [-0.2, -0.15) is 0 Å². The second-order valence-electron chi connectivity index (χ2n) is 1.84. The Labute approximate surface area is 70.7 Å². The Morgan fingerprint density at radius 3 is 2.45 bits per heavy atom. The van der Waals surface area contributed by atoms with Gasteiger partial charge in [-0.05, 0) is 25.0 Å². The molecule has 1 aromatic carbocycles. The second-order valence-corrected chi connectivity index (χ2v) is 2.05. The van der Waals surface area contributed by atoms with Crippen molar-refractivity contribution in [3.05, 3.63) is 30.3 Å². The maximum Gasteiger partial charge on any atom is 0.721 e. The normalized spacial score (nSPS) is 9.27. The highest BCUT2D eigenvalue weighted by atomic mass is 32.1. The molecule has 11 heavy (non-hydrogen) atoms. The van der Waals surface area contributed by atoms with Crippen LogP contribution in [0, 0.1) is 0 Å². The maximum atomic E-state index is 8.79. The van der Waals surface area contributed by atoms with Gasteiger partial charge in [0.2, 0.25) is 0 Å². The summed E-state index contributed by atoms with van der Waals surface area (Å²) in [5.41, 5.74) is 0. The third-order valence-corrected chi connectivity index (χ3v) is 1.25. The van der Waals surface area contributed by atoms with Gasteiger partial charge in [0.15, 0.2) is 0 Å². The molecule has 1 rings (SSSR count). The molecule has 58 valence electrons. The lowest BCUT2D eigenvalue weighted by molar-refractivity contribution is 0.320. The number of hydrogen-bond acceptors (Lipinski definition) is 4. The number of hydrogen-bond donors (Lipinski definition) is 2. The summed E-state index contributed by atoms with van der Waals surface area (Å²) in [4.78, 5) is 0. The van der Waals surface area contributed by atoms with Crippen molar-refractivity contribution >= 4 is 20.2 Å². The van der Waals surface area contributed by atoms with E-state index in [1.54, 1.807) is 24.3 Å². The standard InChI is InChI=1S/C6H7BO3S/c8-7(10-11)9-6-4-2-1-3-5-6/h1-5,8,11H. The minimum absolute atomic E-state index is 0.536. The summed E-state index contributed by atoms with van der Waals surface area (Å²) in [5.74, 6) is 0.536. The summed E-state index contributed by atoms with van der Waals surface area (Å²) in [6.45, 7) is 0. The molecule has 0 aliphatic heterocycles. The van der Waals surface area contributed by atoms with E-state index in [4.69, 9.17) is 9.68 Å². The van der Waals surface area contributed by atoms with Crippen molar-refractivity contribution in [3.63, 3.8) is 0 Å². The van der Waals surface area contributed by atoms with Gasteiger partial charge < -0.3 is 13.8 Å². The zero-order chi connectivity index (χ0) is 8.10. The monoisotopic (exact) mass is 170 g/mol. The van der Waals surface area contributed by atoms with E-state index >= 15 is 0 Å². The second kappa shape index (κ2) is 4.28. The van der Waals surface area contributed by atoms with Crippen molar-refractivity contribution in [1.82, 2.24) is 0 Å². The van der Waals surface area contributed by atoms with Crippen LogP contribution in [0.3, 0.4) is 0 Å². The highest BCUT2D eigenvalue weighted by Gasteiger charge is 2.15. The molecule has 0 spiro atoms. The first-order valence-electron chi connectivity index (χ1n) is 3.03. The maximum absolute atomic E-state index is 8.79. The molecule has 0 aliphatic carbocycles. The largest absolute Gasteiger partial charge is 0.721 e. The SMILES string of the molecule is OB(OS)Oc1ccccc1. The first-order valence-corrected chi connectivity index (χ1v) is 3.39. The van der Waals surface area contributed by atoms with E-state index in [1.807, 2.05) is 6.07 Å². The van der Waals surface area contributed by atoms with Crippen LogP contribution in [0.4, 0.5) is 0 Å². The van der Waals surface area contributed by atoms with Crippen molar-refractivity contribution in [3.8, 4) is 5.75 Å². The molecular formula is C6H7BO3S. The Kier molecular flexibility index (Phi) is 3.29. The quantitative estimate of drug-likeness (QED) is 0.402. The van der Waals surface area contributed by atoms with Crippen molar-refractivity contribution in [2.24, 2.45) is 0 Å². The molecule has 0 bridgehead atoms. The molecule has 0 fully saturated rings. The average Bonchev–Trinajstić information content (AvgIpc) is 2.06. The van der Waals surface area contributed by atoms with E-state index in [2.05, 4.69) is 17.0 Å². The zero-order valence-corrected chi connectivity index (χ0v) is 6.57. The minimum Gasteiger partial charge on any atom is -0.511 e. The third kappa shape index (κ3) is 2.84. The summed E-state index contributed by atoms with van der Waals surface area (Å²) >= 11 is 3.37. The molecule has 0 amide bonds. The van der Waals surface area contributed by atoms with E-state index in [1.165, 1.54) is 0 Å². The predicted molar refractivity (Wildman–Crippen MR) is 45.1 cm³/mol. The molecule has 0 saturated carbocycles. The fourth-order valence-corrected chi connectivity index (χ4v) is 0.680. The van der Waals surface area contributed by atoms with E-state index in [0.29, 0.717) is 5.75 Å². The zero-order valence-electron chi connectivity index (χ0n) is 5.68. The molecule has 0 aliphatic rings. The Balaban J connectivity index is 2.51. The number of benzene rings is 1. The van der Waals surface area contributed by atoms with Gasteiger partial charge in [0.05, 0.1) is 0 Å². The molecule has 0 saturated heterocycles. The highest BCUT2D eigenvalue weighted by molar-refractivity contribution is 7.76. The molecule has 0 heterocycles. The van der Waals surface area contributed by atoms with Gasteiger partial charge in [0, 0.05) is 0 Å². The van der Waals surface area contributed by atoms with Crippen molar-refractivity contribution < 1.29 is 13.8 Å². The van der Waals surface area contributed by atoms with Gasteiger partial charge in [-0.3, -0.25) is 0 Å². The summed E-state index contributed by atoms with van der Waals surface area (Å²) < 4.78 is 9.00. The van der Waals surface area contributed by atoms with Crippen LogP contribution < -0.4 is 4.65 Å². The topological polar surface area (TPSA) is 38.7 Å². The summed E-state index contributed by atoms with van der Waals surface area (Å²) in [6, 6.07) is 8.84. The third-order valence-electron chi connectivity index (χ3n) is 1.07. The molecule has 0 radical (unpaired) electrons. The molecule has 1 N–H and O–H groups in total. The molecule has 3 nitrogen and oxygen atoms in total. The fourth-order valence-electron chi connectivity index (χ4n) is 0.637. The van der Waals surface area contributed by atoms with E-state index in [9.17, 15) is 0 Å².